The van der Waals surface area contributed by atoms with E-state index in [2.05, 4.69) is 10.3 Å². The van der Waals surface area contributed by atoms with Crippen LogP contribution in [-0.4, -0.2) is 25.9 Å². The first-order chi connectivity index (χ1) is 12.3. The number of aromatic nitrogens is 4. The van der Waals surface area contributed by atoms with Crippen LogP contribution >= 0.6 is 0 Å². The molecule has 7 heteroatoms. The molecule has 0 radical (unpaired) electrons. The van der Waals surface area contributed by atoms with Crippen LogP contribution in [-0.2, 0) is 11.3 Å². The van der Waals surface area contributed by atoms with Crippen LogP contribution in [0.5, 0.6) is 0 Å². The molecule has 0 aliphatic heterocycles. The molecule has 0 fully saturated rings. The monoisotopic (exact) mass is 356 g/mol. The van der Waals surface area contributed by atoms with Crippen LogP contribution in [0.1, 0.15) is 72.7 Å². The lowest BCUT2D eigenvalue weighted by molar-refractivity contribution is 0.0473. The normalized spacial score (nSPS) is 11.7. The minimum atomic E-state index is -0.400. The van der Waals surface area contributed by atoms with Gasteiger partial charge in [0.2, 0.25) is 0 Å². The number of nitrogens with zero attached hydrogens (tertiary/aromatic N) is 4. The molecule has 3 rings (SSSR count). The van der Waals surface area contributed by atoms with Gasteiger partial charge in [-0.3, -0.25) is 0 Å². The Labute approximate surface area is 152 Å². The highest BCUT2D eigenvalue weighted by atomic mass is 16.5. The number of pyridine rings is 1. The molecule has 0 aromatic carbocycles. The van der Waals surface area contributed by atoms with Crippen molar-refractivity contribution in [2.75, 3.05) is 0 Å². The van der Waals surface area contributed by atoms with Gasteiger partial charge in [0.1, 0.15) is 12.4 Å². The number of fused-ring (bicyclic) bond motifs is 1. The number of carbonyl (C=O) groups excluding carboxylic acids is 1. The molecule has 3 aromatic rings. The Kier molecular flexibility index (Phi) is 4.80. The van der Waals surface area contributed by atoms with Crippen LogP contribution in [0.2, 0.25) is 0 Å². The molecular weight excluding hydrogens is 332 g/mol. The summed E-state index contributed by atoms with van der Waals surface area (Å²) >= 11 is 0. The summed E-state index contributed by atoms with van der Waals surface area (Å²) in [5.74, 6) is 0.442. The summed E-state index contributed by atoms with van der Waals surface area (Å²) in [5, 5.41) is 8.99. The summed E-state index contributed by atoms with van der Waals surface area (Å²) in [6.45, 7) is 11.9. The lowest BCUT2D eigenvalue weighted by Gasteiger charge is -2.12. The molecule has 0 saturated carbocycles. The van der Waals surface area contributed by atoms with E-state index in [9.17, 15) is 4.79 Å². The molecule has 0 aliphatic rings. The zero-order valence-corrected chi connectivity index (χ0v) is 16.0. The van der Waals surface area contributed by atoms with Gasteiger partial charge in [-0.15, -0.1) is 0 Å². The topological polar surface area (TPSA) is 83.0 Å². The minimum absolute atomic E-state index is 0.124. The van der Waals surface area contributed by atoms with E-state index in [1.54, 1.807) is 19.2 Å². The van der Waals surface area contributed by atoms with Gasteiger partial charge in [-0.1, -0.05) is 19.0 Å². The highest BCUT2D eigenvalue weighted by Crippen LogP contribution is 2.25. The first-order valence-electron chi connectivity index (χ1n) is 8.76. The molecular formula is C19H24N4O3. The van der Waals surface area contributed by atoms with Crippen molar-refractivity contribution in [2.45, 2.75) is 60.1 Å². The van der Waals surface area contributed by atoms with Crippen LogP contribution in [0, 0.1) is 13.8 Å². The number of ether oxygens (including phenoxy) is 1. The fourth-order valence-corrected chi connectivity index (χ4v) is 2.80. The molecule has 0 N–H and O–H groups in total. The summed E-state index contributed by atoms with van der Waals surface area (Å²) in [6.07, 6.45) is 1.68. The average molecular weight is 356 g/mol. The molecule has 7 nitrogen and oxygen atoms in total. The summed E-state index contributed by atoms with van der Waals surface area (Å²) < 4.78 is 12.5. The van der Waals surface area contributed by atoms with E-state index in [1.165, 1.54) is 0 Å². The van der Waals surface area contributed by atoms with Crippen molar-refractivity contribution in [3.05, 3.63) is 40.5 Å². The summed E-state index contributed by atoms with van der Waals surface area (Å²) in [6, 6.07) is 1.95. The van der Waals surface area contributed by atoms with Gasteiger partial charge in [0.05, 0.1) is 28.4 Å². The van der Waals surface area contributed by atoms with Crippen LogP contribution < -0.4 is 0 Å². The predicted molar refractivity (Wildman–Crippen MR) is 97.1 cm³/mol. The maximum Gasteiger partial charge on any atom is 0.339 e. The third-order valence-electron chi connectivity index (χ3n) is 4.42. The van der Waals surface area contributed by atoms with Gasteiger partial charge in [-0.05, 0) is 39.7 Å². The summed E-state index contributed by atoms with van der Waals surface area (Å²) in [4.78, 5) is 17.5. The molecule has 26 heavy (non-hydrogen) atoms. The second kappa shape index (κ2) is 6.90. The second-order valence-electron chi connectivity index (χ2n) is 7.05. The number of aryl methyl sites for hydroxylation is 2. The van der Waals surface area contributed by atoms with Crippen molar-refractivity contribution < 1.29 is 14.1 Å². The second-order valence-corrected chi connectivity index (χ2v) is 7.05. The number of esters is 1. The molecule has 0 aliphatic carbocycles. The standard InChI is InChI=1S/C19H24N4O3/c1-10(2)17-7-14(15-8-20-23(11(3)4)18(15)21-17)19(24)25-9-16-12(5)22-26-13(16)6/h7-8,10-11H,9H2,1-6H3. The van der Waals surface area contributed by atoms with Crippen molar-refractivity contribution in [1.82, 2.24) is 19.9 Å². The molecule has 0 atom stereocenters. The summed E-state index contributed by atoms with van der Waals surface area (Å²) in [7, 11) is 0. The molecule has 0 unspecified atom stereocenters. The minimum Gasteiger partial charge on any atom is -0.457 e. The smallest absolute Gasteiger partial charge is 0.339 e. The zero-order chi connectivity index (χ0) is 19.0. The van der Waals surface area contributed by atoms with E-state index in [1.807, 2.05) is 39.3 Å². The van der Waals surface area contributed by atoms with E-state index in [0.717, 1.165) is 17.0 Å². The van der Waals surface area contributed by atoms with Crippen LogP contribution in [0.15, 0.2) is 16.8 Å². The lowest BCUT2D eigenvalue weighted by atomic mass is 10.1. The van der Waals surface area contributed by atoms with Crippen molar-refractivity contribution in [3.63, 3.8) is 0 Å². The van der Waals surface area contributed by atoms with Crippen LogP contribution in [0.4, 0.5) is 0 Å². The maximum absolute atomic E-state index is 12.8. The lowest BCUT2D eigenvalue weighted by Crippen LogP contribution is -2.10. The van der Waals surface area contributed by atoms with Gasteiger partial charge < -0.3 is 9.26 Å². The van der Waals surface area contributed by atoms with Crippen LogP contribution in [0.3, 0.4) is 0 Å². The zero-order valence-electron chi connectivity index (χ0n) is 16.0. The van der Waals surface area contributed by atoms with E-state index in [-0.39, 0.29) is 18.6 Å². The van der Waals surface area contributed by atoms with Crippen molar-refractivity contribution in [1.29, 1.82) is 0 Å². The first kappa shape index (κ1) is 18.1. The number of hydrogen-bond acceptors (Lipinski definition) is 6. The van der Waals surface area contributed by atoms with Crippen molar-refractivity contribution in [2.24, 2.45) is 0 Å². The SMILES string of the molecule is Cc1noc(C)c1COC(=O)c1cc(C(C)C)nc2c1cnn2C(C)C. The Morgan fingerprint density at radius 2 is 2.00 bits per heavy atom. The summed E-state index contributed by atoms with van der Waals surface area (Å²) in [5.41, 5.74) is 3.55. The first-order valence-corrected chi connectivity index (χ1v) is 8.76. The van der Waals surface area contributed by atoms with Gasteiger partial charge >= 0.3 is 5.97 Å². The van der Waals surface area contributed by atoms with E-state index in [0.29, 0.717) is 22.4 Å². The molecule has 0 amide bonds. The van der Waals surface area contributed by atoms with Crippen molar-refractivity contribution >= 4 is 17.0 Å². The number of rotatable bonds is 5. The molecule has 0 spiro atoms. The van der Waals surface area contributed by atoms with Gasteiger partial charge in [0.15, 0.2) is 5.65 Å². The molecule has 3 aromatic heterocycles. The molecule has 0 saturated heterocycles. The Hall–Kier alpha value is -2.70. The van der Waals surface area contributed by atoms with E-state index < -0.39 is 5.97 Å². The van der Waals surface area contributed by atoms with E-state index in [4.69, 9.17) is 14.2 Å². The van der Waals surface area contributed by atoms with Crippen molar-refractivity contribution in [3.8, 4) is 0 Å². The highest BCUT2D eigenvalue weighted by Gasteiger charge is 2.21. The van der Waals surface area contributed by atoms with Gasteiger partial charge in [0.25, 0.3) is 0 Å². The Balaban J connectivity index is 1.98. The predicted octanol–water partition coefficient (Wildman–Crippen LogP) is 4.10. The molecule has 138 valence electrons. The number of carbonyl (C=O) groups is 1. The van der Waals surface area contributed by atoms with Gasteiger partial charge in [-0.25, -0.2) is 14.5 Å². The highest BCUT2D eigenvalue weighted by molar-refractivity contribution is 6.02. The molecule has 3 heterocycles. The fraction of sp³-hybridized carbons (Fsp3) is 0.474. The maximum atomic E-state index is 12.8. The van der Waals surface area contributed by atoms with Gasteiger partial charge in [0, 0.05) is 11.7 Å². The Bertz CT molecular complexity index is 934. The van der Waals surface area contributed by atoms with Crippen LogP contribution in [0.25, 0.3) is 11.0 Å². The third kappa shape index (κ3) is 3.21. The average Bonchev–Trinajstić information content (AvgIpc) is 3.15. The Morgan fingerprint density at radius 1 is 1.27 bits per heavy atom. The quantitative estimate of drug-likeness (QED) is 0.640. The molecule has 0 bridgehead atoms. The fourth-order valence-electron chi connectivity index (χ4n) is 2.80. The largest absolute Gasteiger partial charge is 0.457 e. The Morgan fingerprint density at radius 3 is 2.58 bits per heavy atom. The number of hydrogen-bond donors (Lipinski definition) is 0. The van der Waals surface area contributed by atoms with Gasteiger partial charge in [-0.2, -0.15) is 5.10 Å². The third-order valence-corrected chi connectivity index (χ3v) is 4.42. The van der Waals surface area contributed by atoms with E-state index >= 15 is 0 Å².